The largest absolute Gasteiger partial charge is 0.496 e. The molecule has 0 fully saturated rings. The van der Waals surface area contributed by atoms with Crippen LogP contribution in [0.4, 0.5) is 0 Å². The lowest BCUT2D eigenvalue weighted by atomic mass is 10.0. The van der Waals surface area contributed by atoms with Crippen molar-refractivity contribution in [2.24, 2.45) is 0 Å². The summed E-state index contributed by atoms with van der Waals surface area (Å²) in [5.74, 6) is 1.56. The van der Waals surface area contributed by atoms with Gasteiger partial charge in [0.2, 0.25) is 0 Å². The highest BCUT2D eigenvalue weighted by Gasteiger charge is 2.12. The Labute approximate surface area is 120 Å². The Balaban J connectivity index is 2.84. The summed E-state index contributed by atoms with van der Waals surface area (Å²) in [6, 6.07) is 3.99. The van der Waals surface area contributed by atoms with E-state index in [4.69, 9.17) is 23.7 Å². The molecule has 0 spiro atoms. The molecule has 0 aliphatic heterocycles. The maximum Gasteiger partial charge on any atom is 0.188 e. The molecule has 20 heavy (non-hydrogen) atoms. The molecule has 0 heterocycles. The van der Waals surface area contributed by atoms with Gasteiger partial charge in [-0.1, -0.05) is 0 Å². The Hall–Kier alpha value is -1.30. The zero-order chi connectivity index (χ0) is 15.0. The monoisotopic (exact) mass is 284 g/mol. The Morgan fingerprint density at radius 1 is 1.00 bits per heavy atom. The highest BCUT2D eigenvalue weighted by atomic mass is 16.7. The maximum absolute atomic E-state index is 5.56. The highest BCUT2D eigenvalue weighted by molar-refractivity contribution is 5.47. The molecule has 0 N–H and O–H groups in total. The Morgan fingerprint density at radius 2 is 1.65 bits per heavy atom. The van der Waals surface area contributed by atoms with Gasteiger partial charge in [0.25, 0.3) is 0 Å². The summed E-state index contributed by atoms with van der Waals surface area (Å²) in [6.07, 6.45) is 0.807. The summed E-state index contributed by atoms with van der Waals surface area (Å²) in [6.45, 7) is 4.46. The van der Waals surface area contributed by atoms with Crippen molar-refractivity contribution < 1.29 is 23.7 Å². The number of hydrogen-bond donors (Lipinski definition) is 0. The van der Waals surface area contributed by atoms with Crippen LogP contribution in [0.25, 0.3) is 0 Å². The second-order valence-electron chi connectivity index (χ2n) is 4.56. The lowest BCUT2D eigenvalue weighted by Crippen LogP contribution is -2.13. The van der Waals surface area contributed by atoms with Crippen LogP contribution in [0.3, 0.4) is 0 Å². The number of ether oxygens (including phenoxy) is 5. The van der Waals surface area contributed by atoms with Gasteiger partial charge in [-0.15, -0.1) is 0 Å². The molecule has 1 aromatic rings. The molecule has 0 saturated heterocycles. The number of benzene rings is 1. The van der Waals surface area contributed by atoms with Crippen molar-refractivity contribution in [2.75, 3.05) is 34.9 Å². The van der Waals surface area contributed by atoms with Crippen LogP contribution in [0.15, 0.2) is 12.1 Å². The fourth-order valence-electron chi connectivity index (χ4n) is 1.89. The molecule has 1 aromatic carbocycles. The van der Waals surface area contributed by atoms with E-state index in [1.54, 1.807) is 21.3 Å². The molecule has 0 bridgehead atoms. The lowest BCUT2D eigenvalue weighted by Gasteiger charge is -2.16. The van der Waals surface area contributed by atoms with Crippen LogP contribution in [-0.4, -0.2) is 41.0 Å². The van der Waals surface area contributed by atoms with E-state index in [1.165, 1.54) is 0 Å². The van der Waals surface area contributed by atoms with E-state index in [1.807, 2.05) is 26.0 Å². The summed E-state index contributed by atoms with van der Waals surface area (Å²) in [7, 11) is 4.85. The van der Waals surface area contributed by atoms with Gasteiger partial charge in [0, 0.05) is 19.8 Å². The zero-order valence-corrected chi connectivity index (χ0v) is 12.9. The fourth-order valence-corrected chi connectivity index (χ4v) is 1.89. The van der Waals surface area contributed by atoms with Crippen LogP contribution in [0.1, 0.15) is 18.1 Å². The van der Waals surface area contributed by atoms with Gasteiger partial charge >= 0.3 is 0 Å². The van der Waals surface area contributed by atoms with Crippen molar-refractivity contribution in [3.63, 3.8) is 0 Å². The van der Waals surface area contributed by atoms with E-state index in [-0.39, 0.29) is 19.7 Å². The van der Waals surface area contributed by atoms with Crippen molar-refractivity contribution in [2.45, 2.75) is 26.4 Å². The summed E-state index contributed by atoms with van der Waals surface area (Å²) in [5.41, 5.74) is 2.04. The molecule has 0 aliphatic carbocycles. The van der Waals surface area contributed by atoms with Crippen LogP contribution >= 0.6 is 0 Å². The summed E-state index contributed by atoms with van der Waals surface area (Å²) < 4.78 is 26.3. The number of methoxy groups -OCH3 is 3. The molecule has 114 valence electrons. The van der Waals surface area contributed by atoms with Crippen molar-refractivity contribution >= 4 is 0 Å². The molecule has 5 heteroatoms. The van der Waals surface area contributed by atoms with Gasteiger partial charge in [-0.2, -0.15) is 0 Å². The average Bonchev–Trinajstić information content (AvgIpc) is 2.45. The molecule has 5 nitrogen and oxygen atoms in total. The first-order chi connectivity index (χ1) is 9.62. The second kappa shape index (κ2) is 8.79. The van der Waals surface area contributed by atoms with Crippen molar-refractivity contribution in [3.05, 3.63) is 23.3 Å². The SMILES string of the molecule is COCOc1cc(CC(C)OCOC)cc(OC)c1C. The van der Waals surface area contributed by atoms with Gasteiger partial charge in [0.05, 0.1) is 13.2 Å². The molecule has 1 rings (SSSR count). The molecular formula is C15H24O5. The minimum atomic E-state index is 0.0534. The van der Waals surface area contributed by atoms with E-state index in [0.29, 0.717) is 0 Å². The Kier molecular flexibility index (Phi) is 7.36. The Bertz CT molecular complexity index is 405. The minimum absolute atomic E-state index is 0.0534. The van der Waals surface area contributed by atoms with Crippen molar-refractivity contribution in [1.29, 1.82) is 0 Å². The Morgan fingerprint density at radius 3 is 2.25 bits per heavy atom. The van der Waals surface area contributed by atoms with Crippen LogP contribution in [0, 0.1) is 6.92 Å². The fraction of sp³-hybridized carbons (Fsp3) is 0.600. The third kappa shape index (κ3) is 5.00. The van der Waals surface area contributed by atoms with Gasteiger partial charge in [-0.05, 0) is 38.0 Å². The van der Waals surface area contributed by atoms with Crippen molar-refractivity contribution in [3.8, 4) is 11.5 Å². The molecular weight excluding hydrogens is 260 g/mol. The van der Waals surface area contributed by atoms with E-state index < -0.39 is 0 Å². The minimum Gasteiger partial charge on any atom is -0.496 e. The topological polar surface area (TPSA) is 46.2 Å². The average molecular weight is 284 g/mol. The third-order valence-corrected chi connectivity index (χ3v) is 2.92. The normalized spacial score (nSPS) is 12.2. The summed E-state index contributed by atoms with van der Waals surface area (Å²) >= 11 is 0. The summed E-state index contributed by atoms with van der Waals surface area (Å²) in [5, 5.41) is 0. The second-order valence-corrected chi connectivity index (χ2v) is 4.56. The molecule has 0 aromatic heterocycles. The van der Waals surface area contributed by atoms with Crippen LogP contribution < -0.4 is 9.47 Å². The molecule has 1 unspecified atom stereocenters. The predicted molar refractivity (Wildman–Crippen MR) is 76.4 cm³/mol. The zero-order valence-electron chi connectivity index (χ0n) is 12.9. The molecule has 0 aliphatic rings. The number of rotatable bonds is 9. The van der Waals surface area contributed by atoms with E-state index in [9.17, 15) is 0 Å². The summed E-state index contributed by atoms with van der Waals surface area (Å²) in [4.78, 5) is 0. The molecule has 0 saturated carbocycles. The quantitative estimate of drug-likeness (QED) is 0.652. The first-order valence-electron chi connectivity index (χ1n) is 6.52. The third-order valence-electron chi connectivity index (χ3n) is 2.92. The van der Waals surface area contributed by atoms with Crippen LogP contribution in [-0.2, 0) is 20.6 Å². The van der Waals surface area contributed by atoms with E-state index >= 15 is 0 Å². The van der Waals surface area contributed by atoms with E-state index in [0.717, 1.165) is 29.0 Å². The van der Waals surface area contributed by atoms with Gasteiger partial charge in [0.1, 0.15) is 18.3 Å². The highest BCUT2D eigenvalue weighted by Crippen LogP contribution is 2.30. The van der Waals surface area contributed by atoms with E-state index in [2.05, 4.69) is 0 Å². The standard InChI is InChI=1S/C15H24O5/c1-11(19-9-16-3)6-13-7-14(18-5)12(2)15(8-13)20-10-17-4/h7-8,11H,6,9-10H2,1-5H3. The van der Waals surface area contributed by atoms with Gasteiger partial charge < -0.3 is 23.7 Å². The lowest BCUT2D eigenvalue weighted by molar-refractivity contribution is -0.0646. The van der Waals surface area contributed by atoms with Gasteiger partial charge in [0.15, 0.2) is 6.79 Å². The van der Waals surface area contributed by atoms with Crippen molar-refractivity contribution in [1.82, 2.24) is 0 Å². The molecule has 1 atom stereocenters. The maximum atomic E-state index is 5.56. The van der Waals surface area contributed by atoms with Crippen LogP contribution in [0.2, 0.25) is 0 Å². The van der Waals surface area contributed by atoms with Gasteiger partial charge in [-0.3, -0.25) is 0 Å². The number of hydrogen-bond acceptors (Lipinski definition) is 5. The first-order valence-corrected chi connectivity index (χ1v) is 6.52. The molecule has 0 radical (unpaired) electrons. The first kappa shape index (κ1) is 16.8. The smallest absolute Gasteiger partial charge is 0.188 e. The van der Waals surface area contributed by atoms with Gasteiger partial charge in [-0.25, -0.2) is 0 Å². The van der Waals surface area contributed by atoms with Crippen LogP contribution in [0.5, 0.6) is 11.5 Å². The molecule has 0 amide bonds. The predicted octanol–water partition coefficient (Wildman–Crippen LogP) is 2.54.